The number of nitrogens with two attached hydrogens (primary N) is 1. The molecule has 6 nitrogen and oxygen atoms in total. The smallest absolute Gasteiger partial charge is 0.235 e. The molecule has 7 heteroatoms. The van der Waals surface area contributed by atoms with E-state index in [1.165, 1.54) is 4.90 Å². The molecule has 27 heavy (non-hydrogen) atoms. The number of carbonyl (C=O) groups is 1. The molecule has 1 saturated carbocycles. The van der Waals surface area contributed by atoms with Crippen molar-refractivity contribution >= 4 is 28.9 Å². The summed E-state index contributed by atoms with van der Waals surface area (Å²) in [5, 5.41) is 20.7. The van der Waals surface area contributed by atoms with Gasteiger partial charge in [0.05, 0.1) is 23.1 Å². The number of nitriles is 1. The third kappa shape index (κ3) is 2.86. The molecule has 2 aromatic rings. The van der Waals surface area contributed by atoms with Crippen LogP contribution in [0, 0.1) is 28.6 Å². The van der Waals surface area contributed by atoms with E-state index in [4.69, 9.17) is 11.1 Å². The molecule has 4 rings (SSSR count). The van der Waals surface area contributed by atoms with E-state index in [9.17, 15) is 10.1 Å². The molecule has 1 amide bonds. The predicted octanol–water partition coefficient (Wildman–Crippen LogP) is 3.11. The van der Waals surface area contributed by atoms with Gasteiger partial charge in [-0.3, -0.25) is 15.1 Å². The number of anilines is 1. The van der Waals surface area contributed by atoms with Gasteiger partial charge < -0.3 is 11.1 Å². The maximum atomic E-state index is 12.9. The van der Waals surface area contributed by atoms with Crippen molar-refractivity contribution in [1.29, 1.82) is 10.7 Å². The lowest BCUT2D eigenvalue weighted by atomic mass is 9.78. The van der Waals surface area contributed by atoms with Crippen LogP contribution >= 0.6 is 11.3 Å². The van der Waals surface area contributed by atoms with Crippen LogP contribution in [0.5, 0.6) is 0 Å². The molecule has 2 heterocycles. The maximum Gasteiger partial charge on any atom is 0.235 e. The minimum Gasteiger partial charge on any atom is -0.399 e. The average molecular weight is 379 g/mol. The molecule has 2 atom stereocenters. The summed E-state index contributed by atoms with van der Waals surface area (Å²) < 4.78 is 0. The Bertz CT molecular complexity index is 986. The lowest BCUT2D eigenvalue weighted by Crippen LogP contribution is -2.64. The van der Waals surface area contributed by atoms with E-state index in [2.05, 4.69) is 11.4 Å². The van der Waals surface area contributed by atoms with Crippen molar-refractivity contribution in [1.82, 2.24) is 10.2 Å². The summed E-state index contributed by atoms with van der Waals surface area (Å²) in [5.41, 5.74) is 7.29. The Labute approximate surface area is 162 Å². The van der Waals surface area contributed by atoms with Crippen molar-refractivity contribution in [2.75, 3.05) is 12.8 Å². The molecule has 138 valence electrons. The summed E-state index contributed by atoms with van der Waals surface area (Å²) in [4.78, 5) is 16.3. The highest BCUT2D eigenvalue weighted by Crippen LogP contribution is 2.50. The fraction of sp³-hybridized carbons (Fsp3) is 0.350. The number of guanidine groups is 1. The van der Waals surface area contributed by atoms with E-state index in [1.807, 2.05) is 31.2 Å². The summed E-state index contributed by atoms with van der Waals surface area (Å²) in [7, 11) is 1.66. The van der Waals surface area contributed by atoms with Crippen LogP contribution in [0.1, 0.15) is 30.2 Å². The van der Waals surface area contributed by atoms with Gasteiger partial charge in [0, 0.05) is 22.5 Å². The van der Waals surface area contributed by atoms with Gasteiger partial charge in [-0.2, -0.15) is 5.26 Å². The Morgan fingerprint density at radius 1 is 1.37 bits per heavy atom. The van der Waals surface area contributed by atoms with Crippen LogP contribution in [0.2, 0.25) is 0 Å². The summed E-state index contributed by atoms with van der Waals surface area (Å²) in [6.07, 6.45) is 2.10. The summed E-state index contributed by atoms with van der Waals surface area (Å²) in [5.74, 6) is 0.312. The Balaban J connectivity index is 1.75. The van der Waals surface area contributed by atoms with Crippen molar-refractivity contribution < 1.29 is 4.79 Å². The SMILES string of the molecule is CN1C(=N)N[C@](C)(c2ccc(-c3cc(N)cc(C#N)c3)s2)[C@@H](C2CC2)C1=O. The molecular weight excluding hydrogens is 358 g/mol. The number of rotatable bonds is 3. The number of hydrogen-bond donors (Lipinski definition) is 3. The second kappa shape index (κ2) is 6.10. The van der Waals surface area contributed by atoms with Crippen LogP contribution < -0.4 is 11.1 Å². The number of carbonyl (C=O) groups excluding carboxylic acids is 1. The molecule has 0 unspecified atom stereocenters. The lowest BCUT2D eigenvalue weighted by Gasteiger charge is -2.45. The fourth-order valence-corrected chi connectivity index (χ4v) is 5.06. The number of nitrogen functional groups attached to an aromatic ring is 1. The molecule has 4 N–H and O–H groups in total. The van der Waals surface area contributed by atoms with Crippen LogP contribution in [0.3, 0.4) is 0 Å². The molecule has 2 aliphatic rings. The van der Waals surface area contributed by atoms with Gasteiger partial charge in [-0.15, -0.1) is 11.3 Å². The van der Waals surface area contributed by atoms with Crippen LogP contribution in [0.25, 0.3) is 10.4 Å². The molecule has 1 aromatic heterocycles. The molecule has 0 bridgehead atoms. The average Bonchev–Trinajstić information content (AvgIpc) is 3.32. The number of amides is 1. The van der Waals surface area contributed by atoms with E-state index < -0.39 is 5.54 Å². The summed E-state index contributed by atoms with van der Waals surface area (Å²) in [6.45, 7) is 2.02. The quantitative estimate of drug-likeness (QED) is 0.712. The van der Waals surface area contributed by atoms with Crippen molar-refractivity contribution in [3.05, 3.63) is 40.8 Å². The number of benzene rings is 1. The van der Waals surface area contributed by atoms with Gasteiger partial charge in [-0.25, -0.2) is 0 Å². The first kappa shape index (κ1) is 17.6. The largest absolute Gasteiger partial charge is 0.399 e. The van der Waals surface area contributed by atoms with Gasteiger partial charge in [0.2, 0.25) is 5.91 Å². The van der Waals surface area contributed by atoms with E-state index in [-0.39, 0.29) is 17.8 Å². The van der Waals surface area contributed by atoms with Crippen LogP contribution in [-0.4, -0.2) is 23.8 Å². The Kier molecular flexibility index (Phi) is 3.97. The van der Waals surface area contributed by atoms with E-state index in [0.29, 0.717) is 17.2 Å². The molecule has 1 aliphatic carbocycles. The van der Waals surface area contributed by atoms with Gasteiger partial charge in [-0.05, 0) is 61.6 Å². The summed E-state index contributed by atoms with van der Waals surface area (Å²) >= 11 is 1.58. The molecule has 0 spiro atoms. The minimum atomic E-state index is -0.608. The maximum absolute atomic E-state index is 12.9. The highest BCUT2D eigenvalue weighted by molar-refractivity contribution is 7.15. The molecular formula is C20H21N5OS. The van der Waals surface area contributed by atoms with Crippen LogP contribution in [0.4, 0.5) is 5.69 Å². The third-order valence-electron chi connectivity index (χ3n) is 5.51. The van der Waals surface area contributed by atoms with E-state index in [1.54, 1.807) is 24.5 Å². The van der Waals surface area contributed by atoms with E-state index >= 15 is 0 Å². The monoisotopic (exact) mass is 379 g/mol. The Morgan fingerprint density at radius 3 is 2.78 bits per heavy atom. The number of hydrogen-bond acceptors (Lipinski definition) is 5. The van der Waals surface area contributed by atoms with Crippen LogP contribution in [-0.2, 0) is 10.3 Å². The number of thiophene rings is 1. The van der Waals surface area contributed by atoms with Gasteiger partial charge in [0.1, 0.15) is 0 Å². The number of nitrogens with one attached hydrogen (secondary N) is 2. The third-order valence-corrected chi connectivity index (χ3v) is 6.88. The second-order valence-electron chi connectivity index (χ2n) is 7.51. The molecule has 2 fully saturated rings. The van der Waals surface area contributed by atoms with E-state index in [0.717, 1.165) is 28.2 Å². The molecule has 1 saturated heterocycles. The predicted molar refractivity (Wildman–Crippen MR) is 106 cm³/mol. The fourth-order valence-electron chi connectivity index (χ4n) is 3.92. The van der Waals surface area contributed by atoms with Crippen molar-refractivity contribution in [3.63, 3.8) is 0 Å². The first-order valence-electron chi connectivity index (χ1n) is 8.89. The minimum absolute atomic E-state index is 0.00872. The van der Waals surface area contributed by atoms with Crippen molar-refractivity contribution in [3.8, 4) is 16.5 Å². The Morgan fingerprint density at radius 2 is 2.11 bits per heavy atom. The van der Waals surface area contributed by atoms with Gasteiger partial charge in [0.15, 0.2) is 5.96 Å². The highest BCUT2D eigenvalue weighted by Gasteiger charge is 2.54. The lowest BCUT2D eigenvalue weighted by molar-refractivity contribution is -0.136. The summed E-state index contributed by atoms with van der Waals surface area (Å²) in [6, 6.07) is 11.5. The van der Waals surface area contributed by atoms with Gasteiger partial charge in [-0.1, -0.05) is 0 Å². The highest BCUT2D eigenvalue weighted by atomic mass is 32.1. The van der Waals surface area contributed by atoms with Crippen LogP contribution in [0.15, 0.2) is 30.3 Å². The standard InChI is InChI=1S/C20H21N5OS/c1-20(17(12-3-4-12)18(26)25(2)19(23)24-20)16-6-5-15(27-16)13-7-11(10-21)8-14(22)9-13/h5-9,12,17H,3-4,22H2,1-2H3,(H2,23,24)/t17-,20+/m0/s1. The first-order valence-corrected chi connectivity index (χ1v) is 9.71. The topological polar surface area (TPSA) is 106 Å². The molecule has 1 aromatic carbocycles. The van der Waals surface area contributed by atoms with Gasteiger partial charge in [0.25, 0.3) is 0 Å². The first-order chi connectivity index (χ1) is 12.8. The second-order valence-corrected chi connectivity index (χ2v) is 8.59. The zero-order chi connectivity index (χ0) is 19.3. The Hall–Kier alpha value is -2.85. The van der Waals surface area contributed by atoms with Gasteiger partial charge >= 0.3 is 0 Å². The normalized spacial score (nSPS) is 25.2. The van der Waals surface area contributed by atoms with Crippen molar-refractivity contribution in [2.24, 2.45) is 11.8 Å². The number of nitrogens with zero attached hydrogens (tertiary/aromatic N) is 2. The van der Waals surface area contributed by atoms with Crippen molar-refractivity contribution in [2.45, 2.75) is 25.3 Å². The molecule has 1 aliphatic heterocycles. The molecule has 0 radical (unpaired) electrons. The zero-order valence-corrected chi connectivity index (χ0v) is 16.1. The zero-order valence-electron chi connectivity index (χ0n) is 15.2.